The molecule has 0 bridgehead atoms. The summed E-state index contributed by atoms with van der Waals surface area (Å²) in [5, 5.41) is 3.15. The molecule has 0 aromatic heterocycles. The largest absolute Gasteiger partial charge is 0.335 e. The number of hydrogen-bond acceptors (Lipinski definition) is 3. The zero-order valence-electron chi connectivity index (χ0n) is 11.9. The molecule has 5 heteroatoms. The number of nitrogens with one attached hydrogen (secondary N) is 1. The maximum atomic E-state index is 12.1. The molecular formula is C14H25N3O2. The summed E-state index contributed by atoms with van der Waals surface area (Å²) >= 11 is 0. The third-order valence-electron chi connectivity index (χ3n) is 4.04. The predicted octanol–water partition coefficient (Wildman–Crippen LogP) is 1.24. The van der Waals surface area contributed by atoms with Crippen LogP contribution in [0.1, 0.15) is 39.0 Å². The smallest absolute Gasteiger partial charge is 0.317 e. The van der Waals surface area contributed by atoms with Crippen molar-refractivity contribution < 1.29 is 9.59 Å². The third-order valence-corrected chi connectivity index (χ3v) is 4.04. The van der Waals surface area contributed by atoms with Gasteiger partial charge < -0.3 is 10.2 Å². The zero-order valence-corrected chi connectivity index (χ0v) is 11.9. The van der Waals surface area contributed by atoms with Crippen LogP contribution in [0.5, 0.6) is 0 Å². The van der Waals surface area contributed by atoms with Gasteiger partial charge in [0, 0.05) is 32.2 Å². The van der Waals surface area contributed by atoms with Crippen molar-refractivity contribution in [3.63, 3.8) is 0 Å². The molecule has 0 radical (unpaired) electrons. The van der Waals surface area contributed by atoms with Crippen LogP contribution in [0, 0.1) is 0 Å². The van der Waals surface area contributed by atoms with E-state index in [1.165, 1.54) is 19.3 Å². The average molecular weight is 267 g/mol. The van der Waals surface area contributed by atoms with Crippen LogP contribution in [0.2, 0.25) is 0 Å². The van der Waals surface area contributed by atoms with Crippen LogP contribution in [-0.2, 0) is 4.79 Å². The Hall–Kier alpha value is -1.10. The number of Topliss-reactive ketones (excluding diaryl/α,β-unsaturated/α-hetero) is 1. The quantitative estimate of drug-likeness (QED) is 0.837. The van der Waals surface area contributed by atoms with Gasteiger partial charge in [-0.3, -0.25) is 9.69 Å². The fourth-order valence-electron chi connectivity index (χ4n) is 2.94. The van der Waals surface area contributed by atoms with Crippen LogP contribution in [-0.4, -0.2) is 60.4 Å². The highest BCUT2D eigenvalue weighted by atomic mass is 16.2. The van der Waals surface area contributed by atoms with Crippen LogP contribution in [0.4, 0.5) is 4.79 Å². The fourth-order valence-corrected chi connectivity index (χ4v) is 2.94. The summed E-state index contributed by atoms with van der Waals surface area (Å²) in [6.07, 6.45) is 6.01. The van der Waals surface area contributed by atoms with Crippen LogP contribution >= 0.6 is 0 Å². The summed E-state index contributed by atoms with van der Waals surface area (Å²) in [6.45, 7) is 5.19. The van der Waals surface area contributed by atoms with E-state index in [4.69, 9.17) is 0 Å². The first-order valence-electron chi connectivity index (χ1n) is 7.42. The Balaban J connectivity index is 1.71. The highest BCUT2D eigenvalue weighted by Gasteiger charge is 2.23. The second-order valence-electron chi connectivity index (χ2n) is 5.75. The Bertz CT molecular complexity index is 319. The lowest BCUT2D eigenvalue weighted by atomic mass is 9.96. The van der Waals surface area contributed by atoms with Crippen LogP contribution < -0.4 is 5.32 Å². The average Bonchev–Trinajstić information content (AvgIpc) is 2.40. The highest BCUT2D eigenvalue weighted by Crippen LogP contribution is 2.17. The van der Waals surface area contributed by atoms with E-state index < -0.39 is 0 Å². The minimum absolute atomic E-state index is 0.0781. The number of carbonyl (C=O) groups excluding carboxylic acids is 2. The third kappa shape index (κ3) is 4.49. The summed E-state index contributed by atoms with van der Waals surface area (Å²) in [7, 11) is 0. The van der Waals surface area contributed by atoms with Gasteiger partial charge in [-0.25, -0.2) is 4.79 Å². The van der Waals surface area contributed by atoms with Crippen molar-refractivity contribution in [1.82, 2.24) is 15.1 Å². The highest BCUT2D eigenvalue weighted by molar-refractivity contribution is 5.77. The molecule has 1 aliphatic carbocycles. The topological polar surface area (TPSA) is 52.7 Å². The van der Waals surface area contributed by atoms with Gasteiger partial charge in [0.2, 0.25) is 0 Å². The molecule has 2 rings (SSSR count). The van der Waals surface area contributed by atoms with E-state index in [9.17, 15) is 9.59 Å². The van der Waals surface area contributed by atoms with Crippen molar-refractivity contribution in [2.24, 2.45) is 0 Å². The molecular weight excluding hydrogens is 242 g/mol. The van der Waals surface area contributed by atoms with Crippen molar-refractivity contribution >= 4 is 11.8 Å². The molecule has 1 saturated heterocycles. The normalized spacial score (nSPS) is 22.3. The molecule has 1 heterocycles. The van der Waals surface area contributed by atoms with Crippen LogP contribution in [0.3, 0.4) is 0 Å². The first-order chi connectivity index (χ1) is 9.15. The van der Waals surface area contributed by atoms with Gasteiger partial charge in [-0.15, -0.1) is 0 Å². The molecule has 0 spiro atoms. The summed E-state index contributed by atoms with van der Waals surface area (Å²) < 4.78 is 0. The van der Waals surface area contributed by atoms with Crippen LogP contribution in [0.25, 0.3) is 0 Å². The lowest BCUT2D eigenvalue weighted by molar-refractivity contribution is -0.118. The second kappa shape index (κ2) is 6.89. The Labute approximate surface area is 115 Å². The summed E-state index contributed by atoms with van der Waals surface area (Å²) in [4.78, 5) is 27.2. The predicted molar refractivity (Wildman–Crippen MR) is 74.1 cm³/mol. The molecule has 2 aliphatic rings. The monoisotopic (exact) mass is 267 g/mol. The summed E-state index contributed by atoms with van der Waals surface area (Å²) in [6, 6.07) is 0.450. The fraction of sp³-hybridized carbons (Fsp3) is 0.857. The molecule has 0 unspecified atom stereocenters. The van der Waals surface area contributed by atoms with Crippen molar-refractivity contribution in [3.05, 3.63) is 0 Å². The number of rotatable bonds is 3. The Morgan fingerprint density at radius 3 is 2.26 bits per heavy atom. The molecule has 108 valence electrons. The van der Waals surface area contributed by atoms with Gasteiger partial charge in [-0.2, -0.15) is 0 Å². The SMILES string of the molecule is CC(=O)CN1CCN(C(=O)NC2CCCCC2)CC1. The van der Waals surface area contributed by atoms with Crippen molar-refractivity contribution in [3.8, 4) is 0 Å². The number of ketones is 1. The zero-order chi connectivity index (χ0) is 13.7. The van der Waals surface area contributed by atoms with E-state index in [1.54, 1.807) is 6.92 Å². The Morgan fingerprint density at radius 2 is 1.68 bits per heavy atom. The molecule has 5 nitrogen and oxygen atoms in total. The number of carbonyl (C=O) groups is 2. The minimum Gasteiger partial charge on any atom is -0.335 e. The van der Waals surface area contributed by atoms with Gasteiger partial charge in [-0.05, 0) is 19.8 Å². The number of hydrogen-bond donors (Lipinski definition) is 1. The standard InChI is InChI=1S/C14H25N3O2/c1-12(18)11-16-7-9-17(10-8-16)14(19)15-13-5-3-2-4-6-13/h13H,2-11H2,1H3,(H,15,19). The molecule has 2 amide bonds. The molecule has 0 aromatic carbocycles. The molecule has 1 aliphatic heterocycles. The van der Waals surface area contributed by atoms with Crippen molar-refractivity contribution in [2.75, 3.05) is 32.7 Å². The van der Waals surface area contributed by atoms with Crippen molar-refractivity contribution in [1.29, 1.82) is 0 Å². The Morgan fingerprint density at radius 1 is 1.05 bits per heavy atom. The number of nitrogens with zero attached hydrogens (tertiary/aromatic N) is 2. The second-order valence-corrected chi connectivity index (χ2v) is 5.75. The first kappa shape index (κ1) is 14.3. The molecule has 2 fully saturated rings. The maximum absolute atomic E-state index is 12.1. The van der Waals surface area contributed by atoms with Gasteiger partial charge in [0.05, 0.1) is 6.54 Å². The maximum Gasteiger partial charge on any atom is 0.317 e. The minimum atomic E-state index is 0.0781. The van der Waals surface area contributed by atoms with E-state index in [2.05, 4.69) is 10.2 Å². The molecule has 1 N–H and O–H groups in total. The Kier molecular flexibility index (Phi) is 5.19. The molecule has 19 heavy (non-hydrogen) atoms. The van der Waals surface area contributed by atoms with E-state index in [0.717, 1.165) is 39.0 Å². The molecule has 0 aromatic rings. The summed E-state index contributed by atoms with van der Waals surface area (Å²) in [5.74, 6) is 0.195. The number of urea groups is 1. The van der Waals surface area contributed by atoms with Gasteiger partial charge in [0.15, 0.2) is 0 Å². The van der Waals surface area contributed by atoms with Gasteiger partial charge in [-0.1, -0.05) is 19.3 Å². The number of piperazine rings is 1. The number of amides is 2. The summed E-state index contributed by atoms with van der Waals surface area (Å²) in [5.41, 5.74) is 0. The van der Waals surface area contributed by atoms with Gasteiger partial charge >= 0.3 is 6.03 Å². The van der Waals surface area contributed by atoms with Gasteiger partial charge in [0.25, 0.3) is 0 Å². The lowest BCUT2D eigenvalue weighted by Gasteiger charge is -2.35. The molecule has 0 atom stereocenters. The van der Waals surface area contributed by atoms with Crippen LogP contribution in [0.15, 0.2) is 0 Å². The van der Waals surface area contributed by atoms with Crippen molar-refractivity contribution in [2.45, 2.75) is 45.1 Å². The molecule has 1 saturated carbocycles. The lowest BCUT2D eigenvalue weighted by Crippen LogP contribution is -2.54. The first-order valence-corrected chi connectivity index (χ1v) is 7.42. The van der Waals surface area contributed by atoms with E-state index in [0.29, 0.717) is 12.6 Å². The van der Waals surface area contributed by atoms with Gasteiger partial charge in [0.1, 0.15) is 5.78 Å². The van der Waals surface area contributed by atoms with E-state index in [1.807, 2.05) is 4.90 Å². The van der Waals surface area contributed by atoms with E-state index in [-0.39, 0.29) is 11.8 Å². The van der Waals surface area contributed by atoms with E-state index >= 15 is 0 Å².